The van der Waals surface area contributed by atoms with Gasteiger partial charge in [0, 0.05) is 148 Å². The van der Waals surface area contributed by atoms with Crippen LogP contribution in [-0.4, -0.2) is 18.7 Å². The van der Waals surface area contributed by atoms with Gasteiger partial charge in [-0.25, -0.2) is 0 Å². The zero-order valence-electron chi connectivity index (χ0n) is 45.6. The molecule has 0 radical (unpaired) electrons. The molecule has 0 bridgehead atoms. The molecule has 20 aromatic rings. The lowest BCUT2D eigenvalue weighted by Crippen LogP contribution is -1.86. The number of hydrogen-bond acceptors (Lipinski definition) is 4. The fourth-order valence-electron chi connectivity index (χ4n) is 13.5. The second-order valence-electron chi connectivity index (χ2n) is 21.7. The van der Waals surface area contributed by atoms with E-state index in [0.29, 0.717) is 0 Å². The zero-order valence-corrected chi connectivity index (χ0v) is 47.2. The molecule has 20 rings (SSSR count). The third-order valence-corrected chi connectivity index (χ3v) is 19.6. The monoisotopic (exact) mass is 1120 g/mol. The van der Waals surface area contributed by atoms with Gasteiger partial charge in [-0.3, -0.25) is 0 Å². The first-order valence-electron chi connectivity index (χ1n) is 28.1. The Morgan fingerprint density at radius 1 is 0.298 bits per heavy atom. The van der Waals surface area contributed by atoms with Crippen LogP contribution in [0, 0.1) is 0 Å². The Kier molecular flexibility index (Phi) is 11.4. The van der Waals surface area contributed by atoms with E-state index in [4.69, 9.17) is 8.83 Å². The molecule has 0 unspecified atom stereocenters. The highest BCUT2D eigenvalue weighted by molar-refractivity contribution is 7.27. The molecule has 1 N–H and O–H groups in total. The van der Waals surface area contributed by atoms with E-state index in [1.165, 1.54) is 144 Å². The molecule has 8 heteroatoms. The van der Waals surface area contributed by atoms with Gasteiger partial charge in [0.15, 0.2) is 5.58 Å². The minimum atomic E-state index is 0. The van der Waals surface area contributed by atoms with Gasteiger partial charge in [0.1, 0.15) is 16.7 Å². The molecule has 402 valence electrons. The fourth-order valence-corrected chi connectivity index (χ4v) is 15.8. The van der Waals surface area contributed by atoms with Crippen molar-refractivity contribution < 1.29 is 8.83 Å². The van der Waals surface area contributed by atoms with E-state index in [1.807, 2.05) is 46.9 Å². The lowest BCUT2D eigenvalue weighted by molar-refractivity contribution is 0.669. The van der Waals surface area contributed by atoms with E-state index in [1.54, 1.807) is 0 Å². The Morgan fingerprint density at radius 2 is 0.810 bits per heavy atom. The molecule has 8 aromatic heterocycles. The van der Waals surface area contributed by atoms with Gasteiger partial charge in [0.2, 0.25) is 0 Å². The van der Waals surface area contributed by atoms with Crippen LogP contribution in [0.15, 0.2) is 251 Å². The number of aryl methyl sites for hydroxylation is 3. The number of nitrogens with zero attached hydrogens (tertiary/aromatic N) is 3. The van der Waals surface area contributed by atoms with Crippen LogP contribution in [0.1, 0.15) is 7.43 Å². The van der Waals surface area contributed by atoms with Crippen molar-refractivity contribution in [1.29, 1.82) is 0 Å². The maximum absolute atomic E-state index is 6.16. The summed E-state index contributed by atoms with van der Waals surface area (Å²) < 4.78 is 24.4. The maximum atomic E-state index is 6.16. The largest absolute Gasteiger partial charge is 0.456 e. The predicted octanol–water partition coefficient (Wildman–Crippen LogP) is 22.5. The molecule has 12 aromatic carbocycles. The Morgan fingerprint density at radius 3 is 1.55 bits per heavy atom. The van der Waals surface area contributed by atoms with Gasteiger partial charge in [-0.2, -0.15) is 0 Å². The smallest absolute Gasteiger partial charge is 0.159 e. The van der Waals surface area contributed by atoms with Crippen molar-refractivity contribution in [3.8, 4) is 0 Å². The first-order valence-corrected chi connectivity index (χ1v) is 29.7. The molecule has 0 aliphatic heterocycles. The van der Waals surface area contributed by atoms with Crippen molar-refractivity contribution >= 4 is 194 Å². The molecular formula is C76H54N4O2S2. The van der Waals surface area contributed by atoms with Gasteiger partial charge >= 0.3 is 0 Å². The summed E-state index contributed by atoms with van der Waals surface area (Å²) in [4.78, 5) is 3.54. The van der Waals surface area contributed by atoms with Crippen LogP contribution >= 0.6 is 22.7 Å². The number of aromatic nitrogens is 4. The number of furan rings is 2. The van der Waals surface area contributed by atoms with Gasteiger partial charge in [0.25, 0.3) is 0 Å². The van der Waals surface area contributed by atoms with E-state index < -0.39 is 0 Å². The van der Waals surface area contributed by atoms with E-state index in [2.05, 4.69) is 258 Å². The van der Waals surface area contributed by atoms with Gasteiger partial charge in [0.05, 0.1) is 21.9 Å². The maximum Gasteiger partial charge on any atom is 0.159 e. The molecule has 0 spiro atoms. The number of nitrogens with one attached hydrogen (secondary N) is 1. The van der Waals surface area contributed by atoms with E-state index >= 15 is 0 Å². The molecule has 84 heavy (non-hydrogen) atoms. The van der Waals surface area contributed by atoms with Crippen LogP contribution in [0.2, 0.25) is 0 Å². The zero-order chi connectivity index (χ0) is 55.0. The molecule has 0 amide bonds. The number of fused-ring (bicyclic) bond motifs is 28. The Balaban J connectivity index is 0.0000000912. The van der Waals surface area contributed by atoms with Crippen LogP contribution in [0.4, 0.5) is 0 Å². The van der Waals surface area contributed by atoms with Crippen molar-refractivity contribution in [1.82, 2.24) is 18.7 Å². The van der Waals surface area contributed by atoms with Gasteiger partial charge in [-0.05, 0) is 84.9 Å². The third-order valence-electron chi connectivity index (χ3n) is 17.3. The summed E-state index contributed by atoms with van der Waals surface area (Å²) in [5, 5.41) is 20.8. The highest BCUT2D eigenvalue weighted by Gasteiger charge is 2.19. The van der Waals surface area contributed by atoms with Crippen LogP contribution < -0.4 is 0 Å². The molecule has 0 aliphatic rings. The van der Waals surface area contributed by atoms with Crippen molar-refractivity contribution in [3.63, 3.8) is 0 Å². The second kappa shape index (κ2) is 19.2. The average molecular weight is 1120 g/mol. The number of H-pyrrole nitrogens is 1. The SMILES string of the molecule is C.Cn1c2ccccc2c2c3c(ccc21)sc1ccccc13.Cn1c2ccccc2c2c3sc4ccccc4c3ccc21.Cn1c2ccccc2c2ccc3c4ccccc4oc3c21.c1ccc2c(c1)[nH]c1c2ccc2oc3ccccc3c21. The molecule has 0 saturated carbocycles. The second-order valence-corrected chi connectivity index (χ2v) is 23.8. The third kappa shape index (κ3) is 7.34. The quantitative estimate of drug-likeness (QED) is 0.164. The molecule has 0 fully saturated rings. The summed E-state index contributed by atoms with van der Waals surface area (Å²) in [5.41, 5.74) is 13.8. The minimum Gasteiger partial charge on any atom is -0.456 e. The van der Waals surface area contributed by atoms with Crippen molar-refractivity contribution in [3.05, 3.63) is 243 Å². The van der Waals surface area contributed by atoms with Crippen LogP contribution in [-0.2, 0) is 21.1 Å². The Bertz CT molecular complexity index is 6000. The summed E-state index contributed by atoms with van der Waals surface area (Å²) in [6.45, 7) is 0. The molecule has 6 nitrogen and oxygen atoms in total. The number of thiophene rings is 2. The molecule has 0 saturated heterocycles. The van der Waals surface area contributed by atoms with E-state index in [9.17, 15) is 0 Å². The van der Waals surface area contributed by atoms with Crippen molar-refractivity contribution in [2.24, 2.45) is 21.1 Å². The molecular weight excluding hydrogens is 1060 g/mol. The van der Waals surface area contributed by atoms with Gasteiger partial charge < -0.3 is 27.5 Å². The molecule has 8 heterocycles. The number of para-hydroxylation sites is 6. The predicted molar refractivity (Wildman–Crippen MR) is 364 cm³/mol. The average Bonchev–Trinajstić information content (AvgIpc) is 2.78. The van der Waals surface area contributed by atoms with E-state index in [-0.39, 0.29) is 7.43 Å². The summed E-state index contributed by atoms with van der Waals surface area (Å²) >= 11 is 3.79. The Labute approximate surface area is 489 Å². The molecule has 0 atom stereocenters. The first kappa shape index (κ1) is 49.7. The fraction of sp³-hybridized carbons (Fsp3) is 0.0526. The number of rotatable bonds is 0. The summed E-state index contributed by atoms with van der Waals surface area (Å²) in [6, 6.07) is 85.8. The molecule has 0 aliphatic carbocycles. The lowest BCUT2D eigenvalue weighted by atomic mass is 10.1. The van der Waals surface area contributed by atoms with Crippen molar-refractivity contribution in [2.45, 2.75) is 7.43 Å². The van der Waals surface area contributed by atoms with Crippen LogP contribution in [0.3, 0.4) is 0 Å². The number of aromatic amines is 1. The van der Waals surface area contributed by atoms with Crippen molar-refractivity contribution in [2.75, 3.05) is 0 Å². The van der Waals surface area contributed by atoms with Crippen LogP contribution in [0.5, 0.6) is 0 Å². The van der Waals surface area contributed by atoms with Gasteiger partial charge in [-0.15, -0.1) is 22.7 Å². The Hall–Kier alpha value is -10.1. The number of benzene rings is 12. The van der Waals surface area contributed by atoms with Gasteiger partial charge in [-0.1, -0.05) is 165 Å². The van der Waals surface area contributed by atoms with Crippen LogP contribution in [0.25, 0.3) is 171 Å². The highest BCUT2D eigenvalue weighted by Crippen LogP contribution is 2.45. The normalized spacial score (nSPS) is 11.9. The standard InChI is InChI=1S/C19H13NO.2C19H13NS.C18H11NO.CH4/c1-20-16-8-4-2-6-12(16)14-10-11-15-13-7-3-5-9-17(13)21-19(15)18(14)20;1-20-15-8-4-2-7-14(15)18-16(20)11-10-13-12-6-3-5-9-17(12)21-19(13)18;1-20-14-8-4-2-6-12(14)18-15(20)10-11-17-19(18)13-7-3-5-9-16(13)21-17;1-3-7-14-11(5-1)12-9-10-16-17(18(12)19-14)13-6-2-4-8-15(13)20-16;/h3*2-11H,1H3;1-10,19H;1H4. The summed E-state index contributed by atoms with van der Waals surface area (Å²) in [5.74, 6) is 0. The highest BCUT2D eigenvalue weighted by atomic mass is 32.1. The lowest BCUT2D eigenvalue weighted by Gasteiger charge is -1.98. The van der Waals surface area contributed by atoms with E-state index in [0.717, 1.165) is 27.8 Å². The number of hydrogen-bond donors (Lipinski definition) is 1. The minimum absolute atomic E-state index is 0. The summed E-state index contributed by atoms with van der Waals surface area (Å²) in [6.07, 6.45) is 0. The topological polar surface area (TPSA) is 56.9 Å². The summed E-state index contributed by atoms with van der Waals surface area (Å²) in [7, 11) is 6.42. The first-order chi connectivity index (χ1) is 40.9.